The first-order valence-corrected chi connectivity index (χ1v) is 12.5. The number of aliphatic hydroxyl groups excluding tert-OH is 1. The van der Waals surface area contributed by atoms with Crippen molar-refractivity contribution < 1.29 is 39.3 Å². The molecule has 11 N–H and O–H groups in total. The number of nitrogens with two attached hydrogens (primary N) is 2. The van der Waals surface area contributed by atoms with Crippen LogP contribution in [-0.2, 0) is 30.4 Å². The lowest BCUT2D eigenvalue weighted by Crippen LogP contribution is -2.58. The lowest BCUT2D eigenvalue weighted by molar-refractivity contribution is -0.145. The number of hydrogen-bond donors (Lipinski definition) is 9. The van der Waals surface area contributed by atoms with Crippen LogP contribution < -0.4 is 27.4 Å². The first-order chi connectivity index (χ1) is 18.4. The Morgan fingerprint density at radius 2 is 1.59 bits per heavy atom. The van der Waals surface area contributed by atoms with E-state index in [1.165, 1.54) is 6.92 Å². The molecule has 0 radical (unpaired) electrons. The van der Waals surface area contributed by atoms with Gasteiger partial charge in [-0.2, -0.15) is 0 Å². The molecule has 14 nitrogen and oxygen atoms in total. The number of para-hydroxylation sites is 1. The summed E-state index contributed by atoms with van der Waals surface area (Å²) >= 11 is 0. The van der Waals surface area contributed by atoms with Gasteiger partial charge in [-0.1, -0.05) is 18.2 Å². The minimum absolute atomic E-state index is 0.0239. The number of aromatic amines is 1. The van der Waals surface area contributed by atoms with Crippen LogP contribution in [-0.4, -0.2) is 86.8 Å². The van der Waals surface area contributed by atoms with Gasteiger partial charge in [-0.25, -0.2) is 4.79 Å². The summed E-state index contributed by atoms with van der Waals surface area (Å²) in [6, 6.07) is 1.77. The molecule has 0 saturated heterocycles. The Kier molecular flexibility index (Phi) is 11.8. The zero-order chi connectivity index (χ0) is 29.1. The molecule has 0 spiro atoms. The van der Waals surface area contributed by atoms with Gasteiger partial charge in [0.05, 0.1) is 18.6 Å². The lowest BCUT2D eigenvalue weighted by atomic mass is 10.0. The number of rotatable bonds is 16. The Morgan fingerprint density at radius 3 is 2.21 bits per heavy atom. The molecular formula is C25H36N6O8. The Hall–Kier alpha value is -4.01. The Bertz CT molecular complexity index is 1170. The van der Waals surface area contributed by atoms with E-state index in [1.807, 2.05) is 18.2 Å². The quantitative estimate of drug-likeness (QED) is 0.110. The summed E-state index contributed by atoms with van der Waals surface area (Å²) in [7, 11) is 0. The molecule has 14 heteroatoms. The molecule has 2 aromatic rings. The summed E-state index contributed by atoms with van der Waals surface area (Å²) < 4.78 is 0. The summed E-state index contributed by atoms with van der Waals surface area (Å²) in [5, 5.41) is 36.1. The van der Waals surface area contributed by atoms with Gasteiger partial charge < -0.3 is 47.7 Å². The van der Waals surface area contributed by atoms with Gasteiger partial charge in [0.1, 0.15) is 12.1 Å². The lowest BCUT2D eigenvalue weighted by Gasteiger charge is -2.26. The van der Waals surface area contributed by atoms with Crippen LogP contribution in [0.2, 0.25) is 0 Å². The van der Waals surface area contributed by atoms with Crippen molar-refractivity contribution in [3.8, 4) is 0 Å². The largest absolute Gasteiger partial charge is 0.481 e. The second-order valence-corrected chi connectivity index (χ2v) is 9.24. The molecule has 5 unspecified atom stereocenters. The third kappa shape index (κ3) is 9.35. The molecule has 1 aromatic heterocycles. The predicted octanol–water partition coefficient (Wildman–Crippen LogP) is -1.44. The average Bonchev–Trinajstić information content (AvgIpc) is 3.28. The van der Waals surface area contributed by atoms with E-state index >= 15 is 0 Å². The van der Waals surface area contributed by atoms with Crippen molar-refractivity contribution in [2.45, 2.75) is 69.3 Å². The number of amides is 3. The SMILES string of the molecule is CC(O)C(NC(=O)C(CCCCN)NC(=O)C(Cc1c[nH]c2ccccc12)NC(=O)C(N)CC(=O)O)C(=O)O. The van der Waals surface area contributed by atoms with Gasteiger partial charge in [0.25, 0.3) is 0 Å². The van der Waals surface area contributed by atoms with E-state index < -0.39 is 66.4 Å². The summed E-state index contributed by atoms with van der Waals surface area (Å²) in [5.74, 6) is -5.23. The molecular weight excluding hydrogens is 512 g/mol. The van der Waals surface area contributed by atoms with Crippen molar-refractivity contribution in [2.24, 2.45) is 11.5 Å². The summed E-state index contributed by atoms with van der Waals surface area (Å²) in [5.41, 5.74) is 12.7. The van der Waals surface area contributed by atoms with Gasteiger partial charge in [0.15, 0.2) is 6.04 Å². The number of H-pyrrole nitrogens is 1. The van der Waals surface area contributed by atoms with E-state index in [0.717, 1.165) is 10.9 Å². The van der Waals surface area contributed by atoms with Crippen molar-refractivity contribution in [2.75, 3.05) is 6.54 Å². The molecule has 0 fully saturated rings. The Labute approximate surface area is 224 Å². The number of carbonyl (C=O) groups is 5. The van der Waals surface area contributed by atoms with Crippen molar-refractivity contribution in [3.63, 3.8) is 0 Å². The highest BCUT2D eigenvalue weighted by Gasteiger charge is 2.32. The highest BCUT2D eigenvalue weighted by molar-refractivity contribution is 5.95. The van der Waals surface area contributed by atoms with Gasteiger partial charge in [0.2, 0.25) is 17.7 Å². The number of fused-ring (bicyclic) bond motifs is 1. The normalized spacial score (nSPS) is 15.0. The smallest absolute Gasteiger partial charge is 0.328 e. The zero-order valence-corrected chi connectivity index (χ0v) is 21.6. The van der Waals surface area contributed by atoms with Crippen molar-refractivity contribution in [1.82, 2.24) is 20.9 Å². The number of carbonyl (C=O) groups excluding carboxylic acids is 3. The fraction of sp³-hybridized carbons (Fsp3) is 0.480. The van der Waals surface area contributed by atoms with Crippen molar-refractivity contribution >= 4 is 40.6 Å². The Morgan fingerprint density at radius 1 is 0.949 bits per heavy atom. The molecule has 0 aliphatic rings. The second-order valence-electron chi connectivity index (χ2n) is 9.24. The number of aliphatic carboxylic acids is 2. The number of aromatic nitrogens is 1. The van der Waals surface area contributed by atoms with Crippen LogP contribution in [0.3, 0.4) is 0 Å². The van der Waals surface area contributed by atoms with E-state index in [9.17, 15) is 34.2 Å². The first-order valence-electron chi connectivity index (χ1n) is 12.5. The monoisotopic (exact) mass is 548 g/mol. The molecule has 0 aliphatic heterocycles. The van der Waals surface area contributed by atoms with E-state index in [0.29, 0.717) is 24.9 Å². The molecule has 39 heavy (non-hydrogen) atoms. The average molecular weight is 549 g/mol. The number of nitrogens with one attached hydrogen (secondary N) is 4. The van der Waals surface area contributed by atoms with Gasteiger partial charge in [0, 0.05) is 23.5 Å². The fourth-order valence-corrected chi connectivity index (χ4v) is 3.97. The van der Waals surface area contributed by atoms with E-state index in [2.05, 4.69) is 20.9 Å². The summed E-state index contributed by atoms with van der Waals surface area (Å²) in [4.78, 5) is 64.5. The number of benzene rings is 1. The maximum atomic E-state index is 13.4. The standard InChI is InChI=1S/C25H36N6O8/c1-13(32)21(25(38)39)31-23(36)18(8-4-5-9-26)29-24(37)19(30-22(35)16(27)11-20(33)34)10-14-12-28-17-7-3-2-6-15(14)17/h2-3,6-7,12-13,16,18-19,21,28,32H,4-5,8-11,26-27H2,1H3,(H,29,37)(H,30,35)(H,31,36)(H,33,34)(H,38,39). The third-order valence-corrected chi connectivity index (χ3v) is 6.09. The van der Waals surface area contributed by atoms with Crippen LogP contribution >= 0.6 is 0 Å². The van der Waals surface area contributed by atoms with Crippen LogP contribution in [0.1, 0.15) is 38.2 Å². The molecule has 214 valence electrons. The van der Waals surface area contributed by atoms with Crippen LogP contribution in [0.25, 0.3) is 10.9 Å². The molecule has 0 saturated carbocycles. The van der Waals surface area contributed by atoms with E-state index in [-0.39, 0.29) is 12.8 Å². The molecule has 5 atom stereocenters. The number of carboxylic acids is 2. The Balaban J connectivity index is 2.31. The van der Waals surface area contributed by atoms with Gasteiger partial charge in [-0.15, -0.1) is 0 Å². The van der Waals surface area contributed by atoms with Crippen LogP contribution in [0.4, 0.5) is 0 Å². The van der Waals surface area contributed by atoms with Gasteiger partial charge in [-0.05, 0) is 44.4 Å². The van der Waals surface area contributed by atoms with Gasteiger partial charge >= 0.3 is 11.9 Å². The molecule has 0 bridgehead atoms. The maximum absolute atomic E-state index is 13.4. The fourth-order valence-electron chi connectivity index (χ4n) is 3.97. The van der Waals surface area contributed by atoms with E-state index in [4.69, 9.17) is 16.6 Å². The molecule has 1 heterocycles. The molecule has 2 rings (SSSR count). The highest BCUT2D eigenvalue weighted by Crippen LogP contribution is 2.19. The number of unbranched alkanes of at least 4 members (excludes halogenated alkanes) is 1. The maximum Gasteiger partial charge on any atom is 0.328 e. The molecule has 3 amide bonds. The predicted molar refractivity (Wildman–Crippen MR) is 140 cm³/mol. The highest BCUT2D eigenvalue weighted by atomic mass is 16.4. The number of hydrogen-bond acceptors (Lipinski definition) is 8. The van der Waals surface area contributed by atoms with E-state index in [1.54, 1.807) is 12.3 Å². The summed E-state index contributed by atoms with van der Waals surface area (Å²) in [6.45, 7) is 1.53. The second kappa shape index (κ2) is 14.8. The topological polar surface area (TPSA) is 250 Å². The van der Waals surface area contributed by atoms with Crippen LogP contribution in [0.15, 0.2) is 30.5 Å². The first kappa shape index (κ1) is 31.2. The summed E-state index contributed by atoms with van der Waals surface area (Å²) in [6.07, 6.45) is 0.628. The molecule has 1 aromatic carbocycles. The number of aliphatic hydroxyl groups is 1. The molecule has 0 aliphatic carbocycles. The zero-order valence-electron chi connectivity index (χ0n) is 21.6. The minimum atomic E-state index is -1.61. The van der Waals surface area contributed by atoms with Crippen molar-refractivity contribution in [3.05, 3.63) is 36.0 Å². The third-order valence-electron chi connectivity index (χ3n) is 6.09. The van der Waals surface area contributed by atoms with Gasteiger partial charge in [-0.3, -0.25) is 19.2 Å². The van der Waals surface area contributed by atoms with Crippen LogP contribution in [0, 0.1) is 0 Å². The number of carboxylic acid groups (broad SMARTS) is 2. The minimum Gasteiger partial charge on any atom is -0.481 e. The van der Waals surface area contributed by atoms with Crippen molar-refractivity contribution in [1.29, 1.82) is 0 Å². The van der Waals surface area contributed by atoms with Crippen LogP contribution in [0.5, 0.6) is 0 Å².